The molecule has 0 heterocycles. The summed E-state index contributed by atoms with van der Waals surface area (Å²) in [6.07, 6.45) is 0. The van der Waals surface area contributed by atoms with Crippen LogP contribution < -0.4 is 11.1 Å². The largest absolute Gasteiger partial charge is 0.397 e. The van der Waals surface area contributed by atoms with Crippen LogP contribution in [0.5, 0.6) is 0 Å². The Morgan fingerprint density at radius 1 is 1.40 bits per heavy atom. The molecule has 2 amide bonds. The van der Waals surface area contributed by atoms with E-state index in [4.69, 9.17) is 5.73 Å². The highest BCUT2D eigenvalue weighted by Crippen LogP contribution is 2.24. The van der Waals surface area contributed by atoms with Gasteiger partial charge in [0, 0.05) is 14.1 Å². The van der Waals surface area contributed by atoms with Crippen LogP contribution in [0.2, 0.25) is 0 Å². The lowest BCUT2D eigenvalue weighted by atomic mass is 10.2. The van der Waals surface area contributed by atoms with E-state index in [-0.39, 0.29) is 11.4 Å². The van der Waals surface area contributed by atoms with E-state index in [0.29, 0.717) is 0 Å². The zero-order valence-electron chi connectivity index (χ0n) is 8.34. The van der Waals surface area contributed by atoms with Crippen LogP contribution in [-0.2, 0) is 0 Å². The summed E-state index contributed by atoms with van der Waals surface area (Å²) in [5.41, 5.74) is 5.04. The van der Waals surface area contributed by atoms with Gasteiger partial charge in [-0.25, -0.2) is 13.6 Å². The van der Waals surface area contributed by atoms with Crippen molar-refractivity contribution in [1.29, 1.82) is 0 Å². The number of hydrogen-bond donors (Lipinski definition) is 2. The lowest BCUT2D eigenvalue weighted by molar-refractivity contribution is 0.230. The topological polar surface area (TPSA) is 58.4 Å². The first-order chi connectivity index (χ1) is 6.93. The first-order valence-electron chi connectivity index (χ1n) is 4.15. The van der Waals surface area contributed by atoms with Gasteiger partial charge in [-0.05, 0) is 12.1 Å². The van der Waals surface area contributed by atoms with Gasteiger partial charge in [-0.2, -0.15) is 0 Å². The number of nitrogens with zero attached hydrogens (tertiary/aromatic N) is 1. The molecule has 0 aliphatic heterocycles. The quantitative estimate of drug-likeness (QED) is 0.699. The van der Waals surface area contributed by atoms with Gasteiger partial charge >= 0.3 is 6.03 Å². The third-order valence-corrected chi connectivity index (χ3v) is 1.77. The first-order valence-corrected chi connectivity index (χ1v) is 4.15. The number of carbonyl (C=O) groups is 1. The van der Waals surface area contributed by atoms with Crippen molar-refractivity contribution in [3.63, 3.8) is 0 Å². The molecule has 1 aromatic rings. The fourth-order valence-electron chi connectivity index (χ4n) is 0.911. The van der Waals surface area contributed by atoms with Gasteiger partial charge < -0.3 is 16.0 Å². The van der Waals surface area contributed by atoms with Crippen molar-refractivity contribution in [2.75, 3.05) is 25.1 Å². The summed E-state index contributed by atoms with van der Waals surface area (Å²) in [6, 6.07) is 1.51. The predicted molar refractivity (Wildman–Crippen MR) is 53.5 cm³/mol. The van der Waals surface area contributed by atoms with E-state index in [1.54, 1.807) is 0 Å². The Kier molecular flexibility index (Phi) is 3.08. The second-order valence-electron chi connectivity index (χ2n) is 3.15. The van der Waals surface area contributed by atoms with Crippen molar-refractivity contribution >= 4 is 17.4 Å². The SMILES string of the molecule is CN(C)C(=O)Nc1c(N)ccc(F)c1F. The second kappa shape index (κ2) is 4.12. The van der Waals surface area contributed by atoms with Gasteiger partial charge in [0.05, 0.1) is 5.69 Å². The molecular formula is C9H11F2N3O. The standard InChI is InChI=1S/C9H11F2N3O/c1-14(2)9(15)13-8-6(12)4-3-5(10)7(8)11/h3-4H,12H2,1-2H3,(H,13,15). The molecule has 0 saturated carbocycles. The van der Waals surface area contributed by atoms with Gasteiger partial charge in [-0.1, -0.05) is 0 Å². The molecule has 0 aliphatic rings. The van der Waals surface area contributed by atoms with E-state index in [1.165, 1.54) is 25.1 Å². The Balaban J connectivity index is 3.04. The van der Waals surface area contributed by atoms with Crippen LogP contribution in [0.25, 0.3) is 0 Å². The number of urea groups is 1. The molecule has 4 nitrogen and oxygen atoms in total. The van der Waals surface area contributed by atoms with Crippen LogP contribution >= 0.6 is 0 Å². The number of benzene rings is 1. The van der Waals surface area contributed by atoms with Gasteiger partial charge in [0.2, 0.25) is 0 Å². The number of carbonyl (C=O) groups excluding carboxylic acids is 1. The number of halogens is 2. The molecule has 0 bridgehead atoms. The molecule has 82 valence electrons. The molecule has 6 heteroatoms. The molecule has 1 rings (SSSR count). The second-order valence-corrected chi connectivity index (χ2v) is 3.15. The molecule has 0 fully saturated rings. The Bertz CT molecular complexity index is 393. The summed E-state index contributed by atoms with van der Waals surface area (Å²) in [5.74, 6) is -2.22. The zero-order valence-corrected chi connectivity index (χ0v) is 8.34. The zero-order chi connectivity index (χ0) is 11.6. The highest BCUT2D eigenvalue weighted by atomic mass is 19.2. The van der Waals surface area contributed by atoms with Crippen molar-refractivity contribution in [3.8, 4) is 0 Å². The summed E-state index contributed by atoms with van der Waals surface area (Å²) in [6.45, 7) is 0. The fraction of sp³-hybridized carbons (Fsp3) is 0.222. The molecule has 0 radical (unpaired) electrons. The van der Waals surface area contributed by atoms with Gasteiger partial charge in [-0.3, -0.25) is 0 Å². The first kappa shape index (κ1) is 11.2. The van der Waals surface area contributed by atoms with Crippen LogP contribution in [0.1, 0.15) is 0 Å². The van der Waals surface area contributed by atoms with E-state index in [2.05, 4.69) is 5.32 Å². The van der Waals surface area contributed by atoms with Crippen molar-refractivity contribution < 1.29 is 13.6 Å². The molecule has 0 saturated heterocycles. The molecule has 0 unspecified atom stereocenters. The number of rotatable bonds is 1. The number of hydrogen-bond acceptors (Lipinski definition) is 2. The minimum Gasteiger partial charge on any atom is -0.397 e. The van der Waals surface area contributed by atoms with Gasteiger partial charge in [0.15, 0.2) is 11.6 Å². The minimum absolute atomic E-state index is 0.0240. The third-order valence-electron chi connectivity index (χ3n) is 1.77. The maximum absolute atomic E-state index is 13.2. The van der Waals surface area contributed by atoms with E-state index in [1.807, 2.05) is 0 Å². The lowest BCUT2D eigenvalue weighted by Crippen LogP contribution is -2.28. The smallest absolute Gasteiger partial charge is 0.321 e. The van der Waals surface area contributed by atoms with Crippen LogP contribution in [0.3, 0.4) is 0 Å². The Labute approximate surface area is 85.7 Å². The molecule has 15 heavy (non-hydrogen) atoms. The number of nitrogens with one attached hydrogen (secondary N) is 1. The fourth-order valence-corrected chi connectivity index (χ4v) is 0.911. The maximum atomic E-state index is 13.2. The molecule has 1 aromatic carbocycles. The number of anilines is 2. The maximum Gasteiger partial charge on any atom is 0.321 e. The number of nitrogen functional groups attached to an aromatic ring is 1. The third kappa shape index (κ3) is 2.34. The Morgan fingerprint density at radius 3 is 2.53 bits per heavy atom. The lowest BCUT2D eigenvalue weighted by Gasteiger charge is -2.14. The Morgan fingerprint density at radius 2 is 2.00 bits per heavy atom. The van der Waals surface area contributed by atoms with Crippen molar-refractivity contribution in [1.82, 2.24) is 4.90 Å². The summed E-state index contributed by atoms with van der Waals surface area (Å²) in [5, 5.41) is 2.17. The monoisotopic (exact) mass is 215 g/mol. The van der Waals surface area contributed by atoms with Crippen LogP contribution in [0, 0.1) is 11.6 Å². The van der Waals surface area contributed by atoms with Gasteiger partial charge in [0.1, 0.15) is 5.69 Å². The van der Waals surface area contributed by atoms with E-state index in [0.717, 1.165) is 6.07 Å². The number of amides is 2. The summed E-state index contributed by atoms with van der Waals surface area (Å²) < 4.78 is 26.0. The molecular weight excluding hydrogens is 204 g/mol. The van der Waals surface area contributed by atoms with E-state index >= 15 is 0 Å². The highest BCUT2D eigenvalue weighted by molar-refractivity contribution is 5.92. The van der Waals surface area contributed by atoms with Crippen molar-refractivity contribution in [3.05, 3.63) is 23.8 Å². The predicted octanol–water partition coefficient (Wildman–Crippen LogP) is 1.64. The minimum atomic E-state index is -1.16. The van der Waals surface area contributed by atoms with E-state index < -0.39 is 17.7 Å². The summed E-state index contributed by atoms with van der Waals surface area (Å²) in [7, 11) is 2.95. The molecule has 3 N–H and O–H groups in total. The summed E-state index contributed by atoms with van der Waals surface area (Å²) >= 11 is 0. The summed E-state index contributed by atoms with van der Waals surface area (Å²) in [4.78, 5) is 12.4. The molecule has 0 aliphatic carbocycles. The van der Waals surface area contributed by atoms with Gasteiger partial charge in [0.25, 0.3) is 0 Å². The van der Waals surface area contributed by atoms with Crippen LogP contribution in [0.15, 0.2) is 12.1 Å². The normalized spacial score (nSPS) is 9.87. The van der Waals surface area contributed by atoms with Crippen LogP contribution in [-0.4, -0.2) is 25.0 Å². The van der Waals surface area contributed by atoms with Crippen molar-refractivity contribution in [2.45, 2.75) is 0 Å². The molecule has 0 atom stereocenters. The highest BCUT2D eigenvalue weighted by Gasteiger charge is 2.14. The van der Waals surface area contributed by atoms with Crippen LogP contribution in [0.4, 0.5) is 25.0 Å². The molecule has 0 spiro atoms. The average molecular weight is 215 g/mol. The van der Waals surface area contributed by atoms with Crippen molar-refractivity contribution in [2.24, 2.45) is 0 Å². The Hall–Kier alpha value is -1.85. The molecule has 0 aromatic heterocycles. The average Bonchev–Trinajstić information content (AvgIpc) is 2.18. The number of nitrogens with two attached hydrogens (primary N) is 1. The van der Waals surface area contributed by atoms with Gasteiger partial charge in [-0.15, -0.1) is 0 Å². The van der Waals surface area contributed by atoms with E-state index in [9.17, 15) is 13.6 Å².